The topological polar surface area (TPSA) is 89.1 Å². The van der Waals surface area contributed by atoms with Crippen LogP contribution in [0, 0.1) is 5.92 Å². The summed E-state index contributed by atoms with van der Waals surface area (Å²) in [7, 11) is 0. The second-order valence-corrected chi connectivity index (χ2v) is 4.98. The van der Waals surface area contributed by atoms with E-state index in [2.05, 4.69) is 15.1 Å². The van der Waals surface area contributed by atoms with Crippen molar-refractivity contribution in [2.45, 2.75) is 31.6 Å². The Bertz CT molecular complexity index is 594. The molecule has 3 rings (SSSR count). The highest BCUT2D eigenvalue weighted by Crippen LogP contribution is 2.34. The monoisotopic (exact) mass is 247 g/mol. The molecule has 3 N–H and O–H groups in total. The SMILES string of the molecule is NCC1CCC(c2ncc3c(=O)[nH]cnn23)CC1. The first-order valence-corrected chi connectivity index (χ1v) is 6.41. The largest absolute Gasteiger partial charge is 0.330 e. The van der Waals surface area contributed by atoms with Crippen LogP contribution in [-0.2, 0) is 0 Å². The van der Waals surface area contributed by atoms with Gasteiger partial charge in [-0.2, -0.15) is 5.10 Å². The summed E-state index contributed by atoms with van der Waals surface area (Å²) in [4.78, 5) is 18.5. The molecule has 0 radical (unpaired) electrons. The maximum Gasteiger partial charge on any atom is 0.276 e. The fourth-order valence-electron chi connectivity index (χ4n) is 2.79. The van der Waals surface area contributed by atoms with Gasteiger partial charge in [0.25, 0.3) is 5.56 Å². The third-order valence-corrected chi connectivity index (χ3v) is 3.91. The number of aromatic amines is 1. The quantitative estimate of drug-likeness (QED) is 0.815. The van der Waals surface area contributed by atoms with Crippen LogP contribution >= 0.6 is 0 Å². The number of imidazole rings is 1. The molecular weight excluding hydrogens is 230 g/mol. The number of hydrogen-bond acceptors (Lipinski definition) is 4. The number of nitrogens with two attached hydrogens (primary N) is 1. The van der Waals surface area contributed by atoms with Crippen LogP contribution in [0.3, 0.4) is 0 Å². The maximum atomic E-state index is 11.6. The van der Waals surface area contributed by atoms with Crippen LogP contribution in [0.4, 0.5) is 0 Å². The summed E-state index contributed by atoms with van der Waals surface area (Å²) in [6, 6.07) is 0. The molecular formula is C12H17N5O. The number of nitrogens with zero attached hydrogens (tertiary/aromatic N) is 3. The summed E-state index contributed by atoms with van der Waals surface area (Å²) < 4.78 is 1.67. The fraction of sp³-hybridized carbons (Fsp3) is 0.583. The number of aromatic nitrogens is 4. The molecule has 6 heteroatoms. The van der Waals surface area contributed by atoms with Crippen LogP contribution in [0.25, 0.3) is 5.52 Å². The van der Waals surface area contributed by atoms with Crippen LogP contribution in [0.5, 0.6) is 0 Å². The highest BCUT2D eigenvalue weighted by molar-refractivity contribution is 5.41. The lowest BCUT2D eigenvalue weighted by molar-refractivity contribution is 0.323. The van der Waals surface area contributed by atoms with Gasteiger partial charge < -0.3 is 10.7 Å². The van der Waals surface area contributed by atoms with Crippen molar-refractivity contribution in [3.05, 3.63) is 28.7 Å². The molecule has 0 spiro atoms. The lowest BCUT2D eigenvalue weighted by Crippen LogP contribution is -2.22. The Labute approximate surface area is 104 Å². The Balaban J connectivity index is 1.91. The molecule has 0 aromatic carbocycles. The summed E-state index contributed by atoms with van der Waals surface area (Å²) in [5, 5.41) is 4.19. The second-order valence-electron chi connectivity index (χ2n) is 4.98. The smallest absolute Gasteiger partial charge is 0.276 e. The highest BCUT2D eigenvalue weighted by Gasteiger charge is 2.25. The molecule has 2 aromatic rings. The number of fused-ring (bicyclic) bond motifs is 1. The number of nitrogens with one attached hydrogen (secondary N) is 1. The van der Waals surface area contributed by atoms with E-state index in [-0.39, 0.29) is 5.56 Å². The Morgan fingerprint density at radius 1 is 1.39 bits per heavy atom. The predicted molar refractivity (Wildman–Crippen MR) is 67.4 cm³/mol. The zero-order valence-electron chi connectivity index (χ0n) is 10.2. The first kappa shape index (κ1) is 11.4. The van der Waals surface area contributed by atoms with Crippen molar-refractivity contribution in [2.75, 3.05) is 6.54 Å². The van der Waals surface area contributed by atoms with Crippen LogP contribution in [-0.4, -0.2) is 26.1 Å². The van der Waals surface area contributed by atoms with Crippen LogP contribution in [0.2, 0.25) is 0 Å². The molecule has 6 nitrogen and oxygen atoms in total. The van der Waals surface area contributed by atoms with Gasteiger partial charge in [-0.1, -0.05) is 0 Å². The van der Waals surface area contributed by atoms with Gasteiger partial charge in [-0.05, 0) is 38.1 Å². The van der Waals surface area contributed by atoms with E-state index < -0.39 is 0 Å². The van der Waals surface area contributed by atoms with E-state index in [1.54, 1.807) is 10.7 Å². The highest BCUT2D eigenvalue weighted by atomic mass is 16.1. The maximum absolute atomic E-state index is 11.6. The Morgan fingerprint density at radius 3 is 2.89 bits per heavy atom. The van der Waals surface area contributed by atoms with Gasteiger partial charge >= 0.3 is 0 Å². The molecule has 0 amide bonds. The normalized spacial score (nSPS) is 24.5. The lowest BCUT2D eigenvalue weighted by atomic mass is 9.82. The molecule has 1 aliphatic rings. The third-order valence-electron chi connectivity index (χ3n) is 3.91. The van der Waals surface area contributed by atoms with E-state index in [0.717, 1.165) is 38.1 Å². The van der Waals surface area contributed by atoms with Crippen molar-refractivity contribution in [1.29, 1.82) is 0 Å². The summed E-state index contributed by atoms with van der Waals surface area (Å²) in [6.45, 7) is 0.771. The summed E-state index contributed by atoms with van der Waals surface area (Å²) >= 11 is 0. The zero-order chi connectivity index (χ0) is 12.5. The third kappa shape index (κ3) is 1.82. The Hall–Kier alpha value is -1.69. The number of H-pyrrole nitrogens is 1. The van der Waals surface area contributed by atoms with E-state index in [0.29, 0.717) is 17.4 Å². The van der Waals surface area contributed by atoms with E-state index in [4.69, 9.17) is 5.73 Å². The van der Waals surface area contributed by atoms with Gasteiger partial charge in [0.05, 0.1) is 6.20 Å². The average Bonchev–Trinajstić information content (AvgIpc) is 2.84. The number of rotatable bonds is 2. The van der Waals surface area contributed by atoms with Crippen LogP contribution in [0.15, 0.2) is 17.3 Å². The molecule has 2 aromatic heterocycles. The van der Waals surface area contributed by atoms with Crippen molar-refractivity contribution in [3.63, 3.8) is 0 Å². The van der Waals surface area contributed by atoms with Gasteiger partial charge in [-0.15, -0.1) is 0 Å². The first-order chi connectivity index (χ1) is 8.79. The minimum Gasteiger partial charge on any atom is -0.330 e. The molecule has 1 saturated carbocycles. The van der Waals surface area contributed by atoms with Gasteiger partial charge in [-0.25, -0.2) is 9.50 Å². The van der Waals surface area contributed by atoms with Crippen molar-refractivity contribution in [2.24, 2.45) is 11.7 Å². The minimum absolute atomic E-state index is 0.139. The predicted octanol–water partition coefficient (Wildman–Crippen LogP) is 0.650. The molecule has 0 aliphatic heterocycles. The number of hydrogen-bond donors (Lipinski definition) is 2. The summed E-state index contributed by atoms with van der Waals surface area (Å²) in [6.07, 6.45) is 7.46. The molecule has 0 unspecified atom stereocenters. The van der Waals surface area contributed by atoms with Crippen LogP contribution in [0.1, 0.15) is 37.4 Å². The molecule has 96 valence electrons. The lowest BCUT2D eigenvalue weighted by Gasteiger charge is -2.26. The van der Waals surface area contributed by atoms with Crippen molar-refractivity contribution >= 4 is 5.52 Å². The molecule has 0 bridgehead atoms. The first-order valence-electron chi connectivity index (χ1n) is 6.41. The van der Waals surface area contributed by atoms with Gasteiger partial charge in [0.2, 0.25) is 0 Å². The van der Waals surface area contributed by atoms with Crippen molar-refractivity contribution in [1.82, 2.24) is 19.6 Å². The minimum atomic E-state index is -0.139. The molecule has 1 aliphatic carbocycles. The van der Waals surface area contributed by atoms with Gasteiger partial charge in [0, 0.05) is 5.92 Å². The Kier molecular flexibility index (Phi) is 2.87. The second kappa shape index (κ2) is 4.53. The average molecular weight is 247 g/mol. The van der Waals surface area contributed by atoms with E-state index in [1.165, 1.54) is 6.33 Å². The standard InChI is InChI=1S/C12H17N5O/c13-5-8-1-3-9(4-2-8)11-14-6-10-12(18)15-7-16-17(10)11/h6-9H,1-5,13H2,(H,15,16,18). The van der Waals surface area contributed by atoms with Gasteiger partial charge in [0.1, 0.15) is 12.2 Å². The molecule has 18 heavy (non-hydrogen) atoms. The zero-order valence-corrected chi connectivity index (χ0v) is 10.2. The van der Waals surface area contributed by atoms with Gasteiger partial charge in [0.15, 0.2) is 5.52 Å². The fourth-order valence-corrected chi connectivity index (χ4v) is 2.79. The van der Waals surface area contributed by atoms with E-state index >= 15 is 0 Å². The van der Waals surface area contributed by atoms with Crippen molar-refractivity contribution in [3.8, 4) is 0 Å². The van der Waals surface area contributed by atoms with Gasteiger partial charge in [-0.3, -0.25) is 4.79 Å². The van der Waals surface area contributed by atoms with Crippen LogP contribution < -0.4 is 11.3 Å². The molecule has 0 atom stereocenters. The summed E-state index contributed by atoms with van der Waals surface area (Å²) in [5.41, 5.74) is 6.08. The molecule has 1 fully saturated rings. The Morgan fingerprint density at radius 2 is 2.17 bits per heavy atom. The van der Waals surface area contributed by atoms with E-state index in [1.807, 2.05) is 0 Å². The summed E-state index contributed by atoms with van der Waals surface area (Å²) in [5.74, 6) is 1.94. The van der Waals surface area contributed by atoms with E-state index in [9.17, 15) is 4.79 Å². The molecule has 0 saturated heterocycles. The van der Waals surface area contributed by atoms with Crippen molar-refractivity contribution < 1.29 is 0 Å². The molecule has 2 heterocycles.